The summed E-state index contributed by atoms with van der Waals surface area (Å²) in [5, 5.41) is 3.06. The van der Waals surface area contributed by atoms with Crippen LogP contribution in [-0.2, 0) is 30.4 Å². The minimum absolute atomic E-state index is 0.0628. The summed E-state index contributed by atoms with van der Waals surface area (Å²) in [4.78, 5) is 13.2. The number of benzene rings is 2. The molecule has 0 saturated carbocycles. The second kappa shape index (κ2) is 9.23. The molecule has 2 aromatic rings. The molecular formula is C26H34N2O5S. The fourth-order valence-electron chi connectivity index (χ4n) is 4.66. The van der Waals surface area contributed by atoms with Gasteiger partial charge in [-0.2, -0.15) is 0 Å². The van der Waals surface area contributed by atoms with Crippen molar-refractivity contribution in [2.24, 2.45) is 0 Å². The number of amides is 1. The van der Waals surface area contributed by atoms with Crippen LogP contribution in [0.5, 0.6) is 5.75 Å². The number of nitrogens with zero attached hydrogens (tertiary/aromatic N) is 1. The van der Waals surface area contributed by atoms with Crippen LogP contribution in [0.1, 0.15) is 44.7 Å². The maximum atomic E-state index is 13.2. The number of sulfonamides is 1. The van der Waals surface area contributed by atoms with E-state index >= 15 is 0 Å². The lowest BCUT2D eigenvalue weighted by Gasteiger charge is -2.39. The van der Waals surface area contributed by atoms with E-state index in [9.17, 15) is 13.2 Å². The standard InChI is InChI=1S/C26H34N2O5S/c1-25(2,3)20-10-11-22-21(16-20)28(34(4,30)31)17-23(33-22)24(29)27-18-26(12-14-32-15-13-26)19-8-6-5-7-9-19/h5-11,16,23H,12-15,17-18H2,1-4H3,(H,27,29). The zero-order chi connectivity index (χ0) is 24.6. The van der Waals surface area contributed by atoms with Gasteiger partial charge in [-0.05, 0) is 41.5 Å². The van der Waals surface area contributed by atoms with Gasteiger partial charge >= 0.3 is 0 Å². The topological polar surface area (TPSA) is 84.9 Å². The third kappa shape index (κ3) is 5.08. The van der Waals surface area contributed by atoms with Crippen LogP contribution in [0.3, 0.4) is 0 Å². The molecule has 0 spiro atoms. The fourth-order valence-corrected chi connectivity index (χ4v) is 5.57. The molecule has 1 saturated heterocycles. The highest BCUT2D eigenvalue weighted by Gasteiger charge is 2.39. The minimum Gasteiger partial charge on any atom is -0.476 e. The largest absolute Gasteiger partial charge is 0.476 e. The number of anilines is 1. The van der Waals surface area contributed by atoms with Gasteiger partial charge in [0.15, 0.2) is 6.10 Å². The number of carbonyl (C=O) groups is 1. The highest BCUT2D eigenvalue weighted by molar-refractivity contribution is 7.92. The first-order chi connectivity index (χ1) is 16.0. The fraction of sp³-hybridized carbons (Fsp3) is 0.500. The summed E-state index contributed by atoms with van der Waals surface area (Å²) in [7, 11) is -3.60. The van der Waals surface area contributed by atoms with Gasteiger partial charge in [0, 0.05) is 25.2 Å². The maximum Gasteiger partial charge on any atom is 0.263 e. The molecule has 184 valence electrons. The van der Waals surface area contributed by atoms with Gasteiger partial charge in [0.05, 0.1) is 18.5 Å². The number of carbonyl (C=O) groups excluding carboxylic acids is 1. The van der Waals surface area contributed by atoms with Crippen molar-refractivity contribution in [2.75, 3.05) is 36.9 Å². The zero-order valence-corrected chi connectivity index (χ0v) is 21.2. The molecule has 2 heterocycles. The monoisotopic (exact) mass is 486 g/mol. The maximum absolute atomic E-state index is 13.2. The molecule has 2 aromatic carbocycles. The Morgan fingerprint density at radius 1 is 1.12 bits per heavy atom. The van der Waals surface area contributed by atoms with Crippen molar-refractivity contribution >= 4 is 21.6 Å². The van der Waals surface area contributed by atoms with Crippen LogP contribution in [0.25, 0.3) is 0 Å². The van der Waals surface area contributed by atoms with Gasteiger partial charge in [0.2, 0.25) is 10.0 Å². The summed E-state index contributed by atoms with van der Waals surface area (Å²) >= 11 is 0. The summed E-state index contributed by atoms with van der Waals surface area (Å²) < 4.78 is 38.2. The van der Waals surface area contributed by atoms with Crippen LogP contribution in [0.4, 0.5) is 5.69 Å². The lowest BCUT2D eigenvalue weighted by Crippen LogP contribution is -2.53. The first-order valence-corrected chi connectivity index (χ1v) is 13.5. The van der Waals surface area contributed by atoms with Crippen LogP contribution in [0.15, 0.2) is 48.5 Å². The molecule has 0 aromatic heterocycles. The number of hydrogen-bond acceptors (Lipinski definition) is 5. The lowest BCUT2D eigenvalue weighted by molar-refractivity contribution is -0.128. The molecule has 2 aliphatic heterocycles. The van der Waals surface area contributed by atoms with Gasteiger partial charge in [-0.3, -0.25) is 9.10 Å². The SMILES string of the molecule is CC(C)(C)c1ccc2c(c1)N(S(C)(=O)=O)CC(C(=O)NCC1(c3ccccc3)CCOCC1)O2. The van der Waals surface area contributed by atoms with Crippen LogP contribution in [0, 0.1) is 0 Å². The molecule has 1 atom stereocenters. The van der Waals surface area contributed by atoms with Crippen molar-refractivity contribution in [2.45, 2.75) is 50.5 Å². The van der Waals surface area contributed by atoms with Crippen LogP contribution in [0.2, 0.25) is 0 Å². The molecule has 0 aliphatic carbocycles. The molecule has 0 bridgehead atoms. The van der Waals surface area contributed by atoms with Gasteiger partial charge in [-0.1, -0.05) is 57.2 Å². The third-order valence-electron chi connectivity index (χ3n) is 6.82. The second-order valence-corrected chi connectivity index (χ2v) is 12.2. The van der Waals surface area contributed by atoms with Crippen molar-refractivity contribution < 1.29 is 22.7 Å². The van der Waals surface area contributed by atoms with Crippen molar-refractivity contribution in [1.82, 2.24) is 5.32 Å². The first kappa shape index (κ1) is 24.5. The van der Waals surface area contributed by atoms with Crippen LogP contribution in [-0.4, -0.2) is 53.0 Å². The van der Waals surface area contributed by atoms with Crippen LogP contribution < -0.4 is 14.4 Å². The Morgan fingerprint density at radius 3 is 2.41 bits per heavy atom. The summed E-state index contributed by atoms with van der Waals surface area (Å²) in [6.45, 7) is 7.85. The lowest BCUT2D eigenvalue weighted by atomic mass is 9.74. The molecule has 1 fully saturated rings. The molecule has 1 unspecified atom stereocenters. The van der Waals surface area contributed by atoms with E-state index in [1.54, 1.807) is 6.07 Å². The Labute approximate surface area is 202 Å². The van der Waals surface area contributed by atoms with Crippen molar-refractivity contribution in [3.8, 4) is 5.75 Å². The molecule has 8 heteroatoms. The minimum atomic E-state index is -3.60. The van der Waals surface area contributed by atoms with Crippen molar-refractivity contribution in [1.29, 1.82) is 0 Å². The van der Waals surface area contributed by atoms with E-state index in [0.717, 1.165) is 24.7 Å². The number of nitrogens with one attached hydrogen (secondary N) is 1. The Hall–Kier alpha value is -2.58. The summed E-state index contributed by atoms with van der Waals surface area (Å²) in [5.41, 5.74) is 2.27. The molecule has 2 aliphatic rings. The van der Waals surface area contributed by atoms with Gasteiger partial charge < -0.3 is 14.8 Å². The van der Waals surface area contributed by atoms with Gasteiger partial charge in [-0.15, -0.1) is 0 Å². The van der Waals surface area contributed by atoms with Gasteiger partial charge in [-0.25, -0.2) is 8.42 Å². The predicted octanol–water partition coefficient (Wildman–Crippen LogP) is 3.38. The van der Waals surface area contributed by atoms with E-state index < -0.39 is 16.1 Å². The molecule has 4 rings (SSSR count). The van der Waals surface area contributed by atoms with E-state index in [0.29, 0.717) is 31.2 Å². The molecule has 1 N–H and O–H groups in total. The molecule has 0 radical (unpaired) electrons. The van der Waals surface area contributed by atoms with Gasteiger partial charge in [0.25, 0.3) is 5.91 Å². The molecule has 34 heavy (non-hydrogen) atoms. The Bertz CT molecular complexity index is 1140. The second-order valence-electron chi connectivity index (χ2n) is 10.3. The third-order valence-corrected chi connectivity index (χ3v) is 7.97. The van der Waals surface area contributed by atoms with Crippen molar-refractivity contribution in [3.05, 3.63) is 59.7 Å². The average molecular weight is 487 g/mol. The zero-order valence-electron chi connectivity index (χ0n) is 20.3. The van der Waals surface area contributed by atoms with E-state index in [2.05, 4.69) is 38.2 Å². The number of fused-ring (bicyclic) bond motifs is 1. The predicted molar refractivity (Wildman–Crippen MR) is 133 cm³/mol. The normalized spacial score (nSPS) is 20.2. The summed E-state index contributed by atoms with van der Waals surface area (Å²) in [5.74, 6) is 0.0784. The number of rotatable bonds is 5. The summed E-state index contributed by atoms with van der Waals surface area (Å²) in [6, 6.07) is 15.7. The Balaban J connectivity index is 1.56. The molecule has 7 nitrogen and oxygen atoms in total. The van der Waals surface area contributed by atoms with Crippen molar-refractivity contribution in [3.63, 3.8) is 0 Å². The smallest absolute Gasteiger partial charge is 0.263 e. The van der Waals surface area contributed by atoms with Crippen LogP contribution >= 0.6 is 0 Å². The number of ether oxygens (including phenoxy) is 2. The Kier molecular flexibility index (Phi) is 6.66. The first-order valence-electron chi connectivity index (χ1n) is 11.7. The average Bonchev–Trinajstić information content (AvgIpc) is 2.81. The quantitative estimate of drug-likeness (QED) is 0.701. The van der Waals surface area contributed by atoms with E-state index in [4.69, 9.17) is 9.47 Å². The van der Waals surface area contributed by atoms with E-state index in [-0.39, 0.29) is 23.3 Å². The van der Waals surface area contributed by atoms with Gasteiger partial charge in [0.1, 0.15) is 5.75 Å². The highest BCUT2D eigenvalue weighted by Crippen LogP contribution is 2.39. The Morgan fingerprint density at radius 2 is 1.79 bits per heavy atom. The number of hydrogen-bond donors (Lipinski definition) is 1. The highest BCUT2D eigenvalue weighted by atomic mass is 32.2. The summed E-state index contributed by atoms with van der Waals surface area (Å²) in [6.07, 6.45) is 1.83. The van der Waals surface area contributed by atoms with E-state index in [1.165, 1.54) is 9.87 Å². The van der Waals surface area contributed by atoms with E-state index in [1.807, 2.05) is 30.3 Å². The molecular weight excluding hydrogens is 452 g/mol. The molecule has 1 amide bonds.